The van der Waals surface area contributed by atoms with Gasteiger partial charge in [0, 0.05) is 6.54 Å². The fraction of sp³-hybridized carbons (Fsp3) is 0.357. The van der Waals surface area contributed by atoms with Crippen LogP contribution in [0.1, 0.15) is 25.2 Å². The Kier molecular flexibility index (Phi) is 4.64. The van der Waals surface area contributed by atoms with Crippen molar-refractivity contribution >= 4 is 10.0 Å². The molecule has 0 saturated carbocycles. The van der Waals surface area contributed by atoms with Gasteiger partial charge in [-0.1, -0.05) is 6.92 Å². The minimum absolute atomic E-state index is 0.0710. The highest BCUT2D eigenvalue weighted by Gasteiger charge is 2.09. The molecular weight excluding hydrogens is 290 g/mol. The Hall–Kier alpha value is -1.86. The van der Waals surface area contributed by atoms with Crippen LogP contribution in [0.3, 0.4) is 0 Å². The number of sulfonamides is 1. The second-order valence-electron chi connectivity index (χ2n) is 4.60. The van der Waals surface area contributed by atoms with E-state index in [1.807, 2.05) is 17.7 Å². The first kappa shape index (κ1) is 15.5. The number of ether oxygens (including phenoxy) is 1. The molecule has 6 nitrogen and oxygen atoms in total. The molecule has 0 saturated heterocycles. The lowest BCUT2D eigenvalue weighted by molar-refractivity contribution is 0.292. The van der Waals surface area contributed by atoms with E-state index in [1.54, 1.807) is 12.1 Å². The highest BCUT2D eigenvalue weighted by molar-refractivity contribution is 7.89. The predicted molar refractivity (Wildman–Crippen MR) is 79.4 cm³/mol. The lowest BCUT2D eigenvalue weighted by atomic mass is 10.3. The third-order valence-corrected chi connectivity index (χ3v) is 4.04. The Labute approximate surface area is 124 Å². The lowest BCUT2D eigenvalue weighted by Crippen LogP contribution is -2.11. The largest absolute Gasteiger partial charge is 0.487 e. The summed E-state index contributed by atoms with van der Waals surface area (Å²) in [6, 6.07) is 8.06. The second kappa shape index (κ2) is 6.28. The number of benzene rings is 1. The average molecular weight is 309 g/mol. The van der Waals surface area contributed by atoms with Crippen molar-refractivity contribution in [1.82, 2.24) is 9.78 Å². The van der Waals surface area contributed by atoms with Gasteiger partial charge in [0.05, 0.1) is 16.3 Å². The van der Waals surface area contributed by atoms with Crippen molar-refractivity contribution < 1.29 is 13.2 Å². The monoisotopic (exact) mass is 309 g/mol. The molecule has 0 unspecified atom stereocenters. The first-order valence-electron chi connectivity index (χ1n) is 6.75. The molecule has 0 amide bonds. The molecule has 1 heterocycles. The van der Waals surface area contributed by atoms with Crippen molar-refractivity contribution in [2.75, 3.05) is 0 Å². The summed E-state index contributed by atoms with van der Waals surface area (Å²) in [7, 11) is -3.67. The lowest BCUT2D eigenvalue weighted by Gasteiger charge is -2.08. The van der Waals surface area contributed by atoms with Crippen molar-refractivity contribution in [2.24, 2.45) is 5.14 Å². The van der Waals surface area contributed by atoms with E-state index in [4.69, 9.17) is 9.88 Å². The summed E-state index contributed by atoms with van der Waals surface area (Å²) >= 11 is 0. The van der Waals surface area contributed by atoms with Crippen molar-refractivity contribution in [3.05, 3.63) is 41.7 Å². The van der Waals surface area contributed by atoms with E-state index in [2.05, 4.69) is 12.0 Å². The van der Waals surface area contributed by atoms with Gasteiger partial charge >= 0.3 is 0 Å². The molecular formula is C14H19N3O3S. The first-order chi connectivity index (χ1) is 9.94. The normalized spacial score (nSPS) is 11.6. The predicted octanol–water partition coefficient (Wildman–Crippen LogP) is 1.69. The van der Waals surface area contributed by atoms with Gasteiger partial charge in [-0.15, -0.1) is 0 Å². The van der Waals surface area contributed by atoms with Crippen LogP contribution in [0.15, 0.2) is 35.2 Å². The molecule has 0 radical (unpaired) electrons. The average Bonchev–Trinajstić information content (AvgIpc) is 2.87. The molecule has 2 aromatic rings. The summed E-state index contributed by atoms with van der Waals surface area (Å²) < 4.78 is 29.9. The summed E-state index contributed by atoms with van der Waals surface area (Å²) in [6.07, 6.45) is 0.878. The van der Waals surface area contributed by atoms with Gasteiger partial charge in [-0.25, -0.2) is 13.6 Å². The molecule has 1 aromatic carbocycles. The van der Waals surface area contributed by atoms with Crippen LogP contribution in [0, 0.1) is 0 Å². The van der Waals surface area contributed by atoms with Gasteiger partial charge in [0.1, 0.15) is 12.4 Å². The van der Waals surface area contributed by atoms with Crippen LogP contribution in [-0.4, -0.2) is 18.2 Å². The number of primary sulfonamides is 1. The molecule has 0 spiro atoms. The van der Waals surface area contributed by atoms with Crippen molar-refractivity contribution in [3.8, 4) is 5.75 Å². The summed E-state index contributed by atoms with van der Waals surface area (Å²) in [6.45, 7) is 5.24. The maximum absolute atomic E-state index is 11.2. The molecule has 1 aromatic heterocycles. The Morgan fingerprint density at radius 2 is 1.90 bits per heavy atom. The second-order valence-corrected chi connectivity index (χ2v) is 6.16. The maximum atomic E-state index is 11.2. The molecule has 2 N–H and O–H groups in total. The summed E-state index contributed by atoms with van der Waals surface area (Å²) in [5.41, 5.74) is 2.02. The topological polar surface area (TPSA) is 87.2 Å². The summed E-state index contributed by atoms with van der Waals surface area (Å²) in [5, 5.41) is 9.49. The van der Waals surface area contributed by atoms with E-state index >= 15 is 0 Å². The van der Waals surface area contributed by atoms with E-state index in [0.717, 1.165) is 24.4 Å². The van der Waals surface area contributed by atoms with E-state index in [0.29, 0.717) is 12.4 Å². The molecule has 0 atom stereocenters. The van der Waals surface area contributed by atoms with Crippen LogP contribution in [-0.2, 0) is 29.6 Å². The van der Waals surface area contributed by atoms with E-state index in [9.17, 15) is 8.42 Å². The first-order valence-corrected chi connectivity index (χ1v) is 8.30. The van der Waals surface area contributed by atoms with E-state index < -0.39 is 10.0 Å². The van der Waals surface area contributed by atoms with Crippen molar-refractivity contribution in [1.29, 1.82) is 0 Å². The van der Waals surface area contributed by atoms with Crippen molar-refractivity contribution in [3.63, 3.8) is 0 Å². The van der Waals surface area contributed by atoms with Gasteiger partial charge < -0.3 is 4.74 Å². The highest BCUT2D eigenvalue weighted by atomic mass is 32.2. The number of hydrogen-bond donors (Lipinski definition) is 1. The molecule has 2 rings (SSSR count). The number of aryl methyl sites for hydroxylation is 2. The zero-order valence-electron chi connectivity index (χ0n) is 12.1. The van der Waals surface area contributed by atoms with Crippen LogP contribution >= 0.6 is 0 Å². The maximum Gasteiger partial charge on any atom is 0.238 e. The Morgan fingerprint density at radius 3 is 2.43 bits per heavy atom. The zero-order chi connectivity index (χ0) is 15.5. The SMILES string of the molecule is CCc1cc(COc2ccc(S(N)(=O)=O)cc2)n(CC)n1. The molecule has 21 heavy (non-hydrogen) atoms. The van der Waals surface area contributed by atoms with Gasteiger partial charge in [-0.3, -0.25) is 4.68 Å². The van der Waals surface area contributed by atoms with Crippen LogP contribution in [0.2, 0.25) is 0 Å². The zero-order valence-corrected chi connectivity index (χ0v) is 12.9. The molecule has 114 valence electrons. The quantitative estimate of drug-likeness (QED) is 0.879. The number of nitrogens with zero attached hydrogens (tertiary/aromatic N) is 2. The summed E-state index contributed by atoms with van der Waals surface area (Å²) in [4.78, 5) is 0.0710. The van der Waals surface area contributed by atoms with Crippen LogP contribution < -0.4 is 9.88 Å². The third kappa shape index (κ3) is 3.83. The van der Waals surface area contributed by atoms with Gasteiger partial charge in [-0.2, -0.15) is 5.10 Å². The minimum atomic E-state index is -3.67. The highest BCUT2D eigenvalue weighted by Crippen LogP contribution is 2.17. The Morgan fingerprint density at radius 1 is 1.24 bits per heavy atom. The number of rotatable bonds is 6. The minimum Gasteiger partial charge on any atom is -0.487 e. The molecule has 0 aliphatic heterocycles. The fourth-order valence-electron chi connectivity index (χ4n) is 1.96. The van der Waals surface area contributed by atoms with E-state index in [1.165, 1.54) is 12.1 Å². The smallest absolute Gasteiger partial charge is 0.238 e. The van der Waals surface area contributed by atoms with Crippen LogP contribution in [0.4, 0.5) is 0 Å². The Balaban J connectivity index is 2.08. The van der Waals surface area contributed by atoms with Gasteiger partial charge in [-0.05, 0) is 43.7 Å². The Bertz CT molecular complexity index is 706. The van der Waals surface area contributed by atoms with Crippen LogP contribution in [0.25, 0.3) is 0 Å². The standard InChI is InChI=1S/C14H19N3O3S/c1-3-11-9-12(17(4-2)16-11)10-20-13-5-7-14(8-6-13)21(15,18)19/h5-9H,3-4,10H2,1-2H3,(H2,15,18,19). The van der Waals surface area contributed by atoms with Gasteiger partial charge in [0.2, 0.25) is 10.0 Å². The number of hydrogen-bond acceptors (Lipinski definition) is 4. The fourth-order valence-corrected chi connectivity index (χ4v) is 2.48. The third-order valence-electron chi connectivity index (χ3n) is 3.11. The van der Waals surface area contributed by atoms with Gasteiger partial charge in [0.25, 0.3) is 0 Å². The van der Waals surface area contributed by atoms with Crippen LogP contribution in [0.5, 0.6) is 5.75 Å². The number of nitrogens with two attached hydrogens (primary N) is 1. The van der Waals surface area contributed by atoms with E-state index in [-0.39, 0.29) is 4.90 Å². The molecule has 0 bridgehead atoms. The van der Waals surface area contributed by atoms with Gasteiger partial charge in [0.15, 0.2) is 0 Å². The van der Waals surface area contributed by atoms with Crippen molar-refractivity contribution in [2.45, 2.75) is 38.3 Å². The molecule has 0 fully saturated rings. The molecule has 0 aliphatic carbocycles. The number of aromatic nitrogens is 2. The summed E-state index contributed by atoms with van der Waals surface area (Å²) in [5.74, 6) is 0.587. The molecule has 0 aliphatic rings. The molecule has 7 heteroatoms.